The SMILES string of the molecule is CCc1ccc(-c2ccc3c(c2)C2(C4=CCC=C43)c3ccccc3-c3ccccc32)c(-c2ccccc2)c1. The molecule has 0 N–H and O–H groups in total. The van der Waals surface area contributed by atoms with E-state index >= 15 is 0 Å². The average Bonchev–Trinajstić information content (AvgIpc) is 3.66. The maximum Gasteiger partial charge on any atom is 0.0722 e. The number of allylic oxidation sites excluding steroid dienone is 4. The van der Waals surface area contributed by atoms with Crippen molar-refractivity contribution >= 4 is 5.57 Å². The summed E-state index contributed by atoms with van der Waals surface area (Å²) in [6.45, 7) is 2.23. The van der Waals surface area contributed by atoms with Gasteiger partial charge in [0.1, 0.15) is 0 Å². The smallest absolute Gasteiger partial charge is 0.0722 e. The summed E-state index contributed by atoms with van der Waals surface area (Å²) in [6.07, 6.45) is 6.94. The van der Waals surface area contributed by atoms with Crippen molar-refractivity contribution in [2.75, 3.05) is 0 Å². The van der Waals surface area contributed by atoms with Gasteiger partial charge in [0.25, 0.3) is 0 Å². The summed E-state index contributed by atoms with van der Waals surface area (Å²) in [5.41, 5.74) is 17.5. The molecule has 5 aromatic rings. The molecule has 0 radical (unpaired) electrons. The van der Waals surface area contributed by atoms with Crippen LogP contribution in [0.25, 0.3) is 39.0 Å². The van der Waals surface area contributed by atoms with Crippen molar-refractivity contribution in [3.63, 3.8) is 0 Å². The third-order valence-electron chi connectivity index (χ3n) is 8.89. The Kier molecular flexibility index (Phi) is 4.58. The molecule has 0 nitrogen and oxygen atoms in total. The second kappa shape index (κ2) is 8.04. The zero-order valence-electron chi connectivity index (χ0n) is 21.5. The third kappa shape index (κ3) is 2.75. The first-order chi connectivity index (χ1) is 18.8. The van der Waals surface area contributed by atoms with E-state index in [0.29, 0.717) is 0 Å². The lowest BCUT2D eigenvalue weighted by atomic mass is 9.70. The van der Waals surface area contributed by atoms with Gasteiger partial charge in [-0.1, -0.05) is 128 Å². The lowest BCUT2D eigenvalue weighted by molar-refractivity contribution is 0.794. The lowest BCUT2D eigenvalue weighted by Crippen LogP contribution is -2.25. The van der Waals surface area contributed by atoms with Gasteiger partial charge < -0.3 is 0 Å². The fourth-order valence-electron chi connectivity index (χ4n) is 7.26. The minimum absolute atomic E-state index is 0.253. The van der Waals surface area contributed by atoms with Crippen LogP contribution in [0.1, 0.15) is 41.2 Å². The first-order valence-electron chi connectivity index (χ1n) is 13.7. The largest absolute Gasteiger partial charge is 0.0753 e. The molecule has 0 atom stereocenters. The molecule has 0 unspecified atom stereocenters. The molecule has 180 valence electrons. The molecule has 0 saturated carbocycles. The number of hydrogen-bond donors (Lipinski definition) is 0. The summed E-state index contributed by atoms with van der Waals surface area (Å²) in [7, 11) is 0. The van der Waals surface area contributed by atoms with Gasteiger partial charge in [-0.15, -0.1) is 0 Å². The second-order valence-electron chi connectivity index (χ2n) is 10.7. The first kappa shape index (κ1) is 21.6. The van der Waals surface area contributed by atoms with Crippen LogP contribution in [0.15, 0.2) is 133 Å². The maximum atomic E-state index is 2.50. The zero-order valence-corrected chi connectivity index (χ0v) is 21.5. The predicted octanol–water partition coefficient (Wildman–Crippen LogP) is 9.62. The van der Waals surface area contributed by atoms with Crippen molar-refractivity contribution in [1.29, 1.82) is 0 Å². The Balaban J connectivity index is 1.43. The average molecular weight is 485 g/mol. The van der Waals surface area contributed by atoms with Crippen LogP contribution in [0.4, 0.5) is 0 Å². The first-order valence-corrected chi connectivity index (χ1v) is 13.7. The molecule has 3 aliphatic carbocycles. The molecule has 8 rings (SSSR count). The predicted molar refractivity (Wildman–Crippen MR) is 159 cm³/mol. The van der Waals surface area contributed by atoms with E-state index < -0.39 is 0 Å². The Morgan fingerprint density at radius 1 is 0.526 bits per heavy atom. The van der Waals surface area contributed by atoms with E-state index in [-0.39, 0.29) is 5.41 Å². The van der Waals surface area contributed by atoms with Gasteiger partial charge >= 0.3 is 0 Å². The van der Waals surface area contributed by atoms with Gasteiger partial charge in [0.15, 0.2) is 0 Å². The molecule has 0 aliphatic heterocycles. The van der Waals surface area contributed by atoms with Gasteiger partial charge in [0.05, 0.1) is 5.41 Å². The molecular weight excluding hydrogens is 456 g/mol. The van der Waals surface area contributed by atoms with Crippen molar-refractivity contribution in [3.8, 4) is 33.4 Å². The topological polar surface area (TPSA) is 0 Å². The quantitative estimate of drug-likeness (QED) is 0.239. The molecule has 5 aromatic carbocycles. The van der Waals surface area contributed by atoms with Gasteiger partial charge in [-0.25, -0.2) is 0 Å². The zero-order chi connectivity index (χ0) is 25.3. The third-order valence-corrected chi connectivity index (χ3v) is 8.89. The molecule has 1 spiro atoms. The maximum absolute atomic E-state index is 2.50. The number of hydrogen-bond acceptors (Lipinski definition) is 0. The summed E-state index contributed by atoms with van der Waals surface area (Å²) < 4.78 is 0. The van der Waals surface area contributed by atoms with Crippen molar-refractivity contribution in [1.82, 2.24) is 0 Å². The van der Waals surface area contributed by atoms with Crippen molar-refractivity contribution in [2.45, 2.75) is 25.2 Å². The van der Waals surface area contributed by atoms with Crippen LogP contribution in [-0.4, -0.2) is 0 Å². The van der Waals surface area contributed by atoms with E-state index in [0.717, 1.165) is 12.8 Å². The fourth-order valence-corrected chi connectivity index (χ4v) is 7.26. The van der Waals surface area contributed by atoms with Gasteiger partial charge in [-0.2, -0.15) is 0 Å². The van der Waals surface area contributed by atoms with Crippen LogP contribution >= 0.6 is 0 Å². The van der Waals surface area contributed by atoms with Crippen LogP contribution in [-0.2, 0) is 11.8 Å². The molecule has 3 aliphatic rings. The molecule has 0 amide bonds. The molecule has 0 aromatic heterocycles. The van der Waals surface area contributed by atoms with Gasteiger partial charge in [0.2, 0.25) is 0 Å². The minimum Gasteiger partial charge on any atom is -0.0753 e. The van der Waals surface area contributed by atoms with E-state index in [9.17, 15) is 0 Å². The molecule has 0 heterocycles. The van der Waals surface area contributed by atoms with E-state index in [4.69, 9.17) is 0 Å². The fraction of sp³-hybridized carbons (Fsp3) is 0.105. The molecule has 0 heteroatoms. The highest BCUT2D eigenvalue weighted by molar-refractivity contribution is 6.02. The van der Waals surface area contributed by atoms with Gasteiger partial charge in [-0.05, 0) is 91.3 Å². The highest BCUT2D eigenvalue weighted by Crippen LogP contribution is 2.65. The highest BCUT2D eigenvalue weighted by atomic mass is 14.5. The monoisotopic (exact) mass is 484 g/mol. The summed E-state index contributed by atoms with van der Waals surface area (Å²) in [6, 6.07) is 43.2. The standard InChI is InChI=1S/C38H28/c1-2-25-19-21-28(33(23-25)26-11-4-3-5-12-26)27-20-22-32-31-15-10-18-36(31)38(37(32)24-27)34-16-8-6-13-29(34)30-14-7-9-17-35(30)38/h3-9,11-24H,2,10H2,1H3. The molecule has 38 heavy (non-hydrogen) atoms. The highest BCUT2D eigenvalue weighted by Gasteiger charge is 2.53. The van der Waals surface area contributed by atoms with Crippen LogP contribution in [0.5, 0.6) is 0 Å². The van der Waals surface area contributed by atoms with E-state index in [2.05, 4.69) is 134 Å². The van der Waals surface area contributed by atoms with Gasteiger partial charge in [0, 0.05) is 0 Å². The second-order valence-corrected chi connectivity index (χ2v) is 10.7. The minimum atomic E-state index is -0.253. The number of fused-ring (bicyclic) bond motifs is 10. The number of rotatable bonds is 3. The van der Waals surface area contributed by atoms with E-state index in [1.54, 1.807) is 0 Å². The Hall–Kier alpha value is -4.42. The van der Waals surface area contributed by atoms with Crippen molar-refractivity contribution in [3.05, 3.63) is 161 Å². The van der Waals surface area contributed by atoms with Crippen LogP contribution in [0.2, 0.25) is 0 Å². The lowest BCUT2D eigenvalue weighted by Gasteiger charge is -2.30. The molecular formula is C38H28. The number of benzene rings is 5. The summed E-state index contributed by atoms with van der Waals surface area (Å²) >= 11 is 0. The summed E-state index contributed by atoms with van der Waals surface area (Å²) in [5.74, 6) is 0. The number of aryl methyl sites for hydroxylation is 1. The van der Waals surface area contributed by atoms with Crippen molar-refractivity contribution < 1.29 is 0 Å². The molecule has 0 fully saturated rings. The van der Waals surface area contributed by atoms with Crippen LogP contribution in [0.3, 0.4) is 0 Å². The Bertz CT molecular complexity index is 1770. The van der Waals surface area contributed by atoms with E-state index in [1.807, 2.05) is 0 Å². The van der Waals surface area contributed by atoms with Gasteiger partial charge in [-0.3, -0.25) is 0 Å². The summed E-state index contributed by atoms with van der Waals surface area (Å²) in [4.78, 5) is 0. The Morgan fingerprint density at radius 3 is 1.95 bits per heavy atom. The summed E-state index contributed by atoms with van der Waals surface area (Å²) in [5, 5.41) is 0. The Labute approximate surface area is 224 Å². The molecule has 0 saturated heterocycles. The van der Waals surface area contributed by atoms with Crippen LogP contribution < -0.4 is 0 Å². The van der Waals surface area contributed by atoms with Crippen LogP contribution in [0, 0.1) is 0 Å². The van der Waals surface area contributed by atoms with Crippen molar-refractivity contribution in [2.24, 2.45) is 0 Å². The molecule has 0 bridgehead atoms. The van der Waals surface area contributed by atoms with E-state index in [1.165, 1.54) is 72.3 Å². The Morgan fingerprint density at radius 2 is 1.21 bits per heavy atom. The normalized spacial score (nSPS) is 15.5.